The smallest absolute Gasteiger partial charge is 0.249 e. The second kappa shape index (κ2) is 9.28. The molecule has 1 aromatic heterocycles. The molecule has 1 aliphatic heterocycles. The van der Waals surface area contributed by atoms with Gasteiger partial charge in [0, 0.05) is 20.0 Å². The van der Waals surface area contributed by atoms with Crippen molar-refractivity contribution < 1.29 is 9.53 Å². The number of aromatic nitrogens is 4. The number of amides is 1. The molecule has 1 N–H and O–H groups in total. The molecular weight excluding hydrogens is 332 g/mol. The number of ether oxygens (including phenoxy) is 1. The van der Waals surface area contributed by atoms with Crippen LogP contribution >= 0.6 is 0 Å². The summed E-state index contributed by atoms with van der Waals surface area (Å²) < 4.78 is 7.22. The van der Waals surface area contributed by atoms with E-state index in [0.717, 1.165) is 12.3 Å². The molecule has 1 saturated heterocycles. The van der Waals surface area contributed by atoms with E-state index in [9.17, 15) is 4.79 Å². The van der Waals surface area contributed by atoms with E-state index in [1.54, 1.807) is 7.05 Å². The van der Waals surface area contributed by atoms with Crippen LogP contribution in [0.3, 0.4) is 0 Å². The maximum Gasteiger partial charge on any atom is 0.249 e. The van der Waals surface area contributed by atoms with Crippen molar-refractivity contribution in [3.8, 4) is 5.75 Å². The van der Waals surface area contributed by atoms with Gasteiger partial charge in [-0.15, -0.1) is 0 Å². The molecule has 0 unspecified atom stereocenters. The number of aryl methyl sites for hydroxylation is 1. The van der Waals surface area contributed by atoms with Crippen LogP contribution in [0.2, 0.25) is 0 Å². The molecule has 8 nitrogen and oxygen atoms in total. The van der Waals surface area contributed by atoms with E-state index in [1.165, 1.54) is 42.6 Å². The van der Waals surface area contributed by atoms with Crippen molar-refractivity contribution in [1.29, 1.82) is 0 Å². The van der Waals surface area contributed by atoms with Crippen molar-refractivity contribution in [1.82, 2.24) is 25.1 Å². The Labute approximate surface area is 153 Å². The molecular formula is C18H26N6O2. The Kier molecular flexibility index (Phi) is 6.54. The monoisotopic (exact) mass is 358 g/mol. The van der Waals surface area contributed by atoms with E-state index in [-0.39, 0.29) is 5.91 Å². The predicted molar refractivity (Wildman–Crippen MR) is 97.7 cm³/mol. The zero-order valence-corrected chi connectivity index (χ0v) is 15.2. The van der Waals surface area contributed by atoms with Crippen LogP contribution in [0, 0.1) is 0 Å². The van der Waals surface area contributed by atoms with Crippen LogP contribution in [-0.4, -0.2) is 50.7 Å². The zero-order chi connectivity index (χ0) is 18.2. The molecule has 0 atom stereocenters. The molecule has 140 valence electrons. The average Bonchev–Trinajstić information content (AvgIpc) is 3.05. The summed E-state index contributed by atoms with van der Waals surface area (Å²) in [6, 6.07) is 8.23. The topological polar surface area (TPSA) is 85.2 Å². The maximum absolute atomic E-state index is 11.9. The predicted octanol–water partition coefficient (Wildman–Crippen LogP) is 1.99. The van der Waals surface area contributed by atoms with Crippen molar-refractivity contribution in [2.24, 2.45) is 7.05 Å². The van der Waals surface area contributed by atoms with Crippen LogP contribution in [0.15, 0.2) is 24.3 Å². The quantitative estimate of drug-likeness (QED) is 0.727. The van der Waals surface area contributed by atoms with E-state index in [4.69, 9.17) is 4.74 Å². The lowest BCUT2D eigenvalue weighted by Gasteiger charge is -2.26. The first-order valence-corrected chi connectivity index (χ1v) is 9.17. The molecule has 0 saturated carbocycles. The number of hydrogen-bond donors (Lipinski definition) is 1. The van der Waals surface area contributed by atoms with Crippen LogP contribution in [0.1, 0.15) is 37.7 Å². The van der Waals surface area contributed by atoms with Gasteiger partial charge >= 0.3 is 0 Å². The molecule has 8 heteroatoms. The van der Waals surface area contributed by atoms with Gasteiger partial charge in [-0.3, -0.25) is 15.0 Å². The van der Waals surface area contributed by atoms with Crippen LogP contribution in [0.25, 0.3) is 0 Å². The van der Waals surface area contributed by atoms with Crippen LogP contribution in [0.5, 0.6) is 5.75 Å². The van der Waals surface area contributed by atoms with Gasteiger partial charge in [0.1, 0.15) is 5.75 Å². The zero-order valence-electron chi connectivity index (χ0n) is 15.2. The summed E-state index contributed by atoms with van der Waals surface area (Å²) in [5, 5.41) is 13.5. The molecule has 26 heavy (non-hydrogen) atoms. The third kappa shape index (κ3) is 5.52. The molecule has 2 aromatic rings. The number of nitrogens with zero attached hydrogens (tertiary/aromatic N) is 5. The summed E-state index contributed by atoms with van der Waals surface area (Å²) in [6.07, 6.45) is 4.93. The first kappa shape index (κ1) is 18.3. The van der Waals surface area contributed by atoms with Crippen molar-refractivity contribution in [3.63, 3.8) is 0 Å². The minimum Gasteiger partial charge on any atom is -0.494 e. The van der Waals surface area contributed by atoms with Crippen LogP contribution < -0.4 is 10.1 Å². The summed E-state index contributed by atoms with van der Waals surface area (Å²) >= 11 is 0. The molecule has 0 bridgehead atoms. The number of benzene rings is 1. The number of piperidine rings is 1. The van der Waals surface area contributed by atoms with Gasteiger partial charge in [0.05, 0.1) is 6.61 Å². The van der Waals surface area contributed by atoms with Gasteiger partial charge in [-0.2, -0.15) is 0 Å². The van der Waals surface area contributed by atoms with Crippen molar-refractivity contribution in [2.75, 3.05) is 25.0 Å². The summed E-state index contributed by atoms with van der Waals surface area (Å²) in [4.78, 5) is 14.4. The standard InChI is InChI=1S/C18H26N6O2/c1-23-18(20-21-22-23)19-17(25)9-6-12-26-16-8-5-7-15(13-16)14-24-10-3-2-4-11-24/h5,7-8,13H,2-4,6,9-12,14H2,1H3,(H,19,20,22,25). The Hall–Kier alpha value is -2.48. The number of carbonyl (C=O) groups excluding carboxylic acids is 1. The van der Waals surface area contributed by atoms with Gasteiger partial charge in [0.15, 0.2) is 0 Å². The summed E-state index contributed by atoms with van der Waals surface area (Å²) in [5.74, 6) is 1.09. The van der Waals surface area contributed by atoms with Crippen LogP contribution in [0.4, 0.5) is 5.95 Å². The summed E-state index contributed by atoms with van der Waals surface area (Å²) in [5.41, 5.74) is 1.27. The minimum absolute atomic E-state index is 0.120. The Morgan fingerprint density at radius 2 is 2.12 bits per heavy atom. The number of carbonyl (C=O) groups is 1. The largest absolute Gasteiger partial charge is 0.494 e. The van der Waals surface area contributed by atoms with Gasteiger partial charge < -0.3 is 4.74 Å². The molecule has 2 heterocycles. The molecule has 1 fully saturated rings. The normalized spacial score (nSPS) is 15.0. The van der Waals surface area contributed by atoms with E-state index < -0.39 is 0 Å². The Bertz CT molecular complexity index is 711. The van der Waals surface area contributed by atoms with E-state index in [1.807, 2.05) is 12.1 Å². The molecule has 0 spiro atoms. The van der Waals surface area contributed by atoms with Crippen molar-refractivity contribution in [3.05, 3.63) is 29.8 Å². The highest BCUT2D eigenvalue weighted by atomic mass is 16.5. The lowest BCUT2D eigenvalue weighted by molar-refractivity contribution is -0.116. The Morgan fingerprint density at radius 3 is 2.88 bits per heavy atom. The highest BCUT2D eigenvalue weighted by molar-refractivity contribution is 5.88. The summed E-state index contributed by atoms with van der Waals surface area (Å²) in [7, 11) is 1.68. The third-order valence-corrected chi connectivity index (χ3v) is 4.44. The number of tetrazole rings is 1. The fraction of sp³-hybridized carbons (Fsp3) is 0.556. The van der Waals surface area contributed by atoms with Crippen molar-refractivity contribution >= 4 is 11.9 Å². The molecule has 1 amide bonds. The molecule has 1 aromatic carbocycles. The van der Waals surface area contributed by atoms with Gasteiger partial charge in [0.2, 0.25) is 11.9 Å². The lowest BCUT2D eigenvalue weighted by atomic mass is 10.1. The van der Waals surface area contributed by atoms with Gasteiger partial charge in [0.25, 0.3) is 0 Å². The number of hydrogen-bond acceptors (Lipinski definition) is 6. The van der Waals surface area contributed by atoms with Gasteiger partial charge in [-0.25, -0.2) is 4.68 Å². The van der Waals surface area contributed by atoms with E-state index >= 15 is 0 Å². The molecule has 3 rings (SSSR count). The fourth-order valence-electron chi connectivity index (χ4n) is 3.05. The lowest BCUT2D eigenvalue weighted by Crippen LogP contribution is -2.29. The molecule has 0 radical (unpaired) electrons. The van der Waals surface area contributed by atoms with E-state index in [2.05, 4.69) is 37.9 Å². The summed E-state index contributed by atoms with van der Waals surface area (Å²) in [6.45, 7) is 3.84. The first-order chi connectivity index (χ1) is 12.7. The fourth-order valence-corrected chi connectivity index (χ4v) is 3.05. The first-order valence-electron chi connectivity index (χ1n) is 9.17. The Balaban J connectivity index is 1.38. The SMILES string of the molecule is Cn1nnnc1NC(=O)CCCOc1cccc(CN2CCCCC2)c1. The number of likely N-dealkylation sites (tertiary alicyclic amines) is 1. The maximum atomic E-state index is 11.9. The minimum atomic E-state index is -0.120. The number of rotatable bonds is 8. The van der Waals surface area contributed by atoms with Crippen LogP contribution in [-0.2, 0) is 18.4 Å². The second-order valence-electron chi connectivity index (χ2n) is 6.61. The molecule has 0 aliphatic carbocycles. The van der Waals surface area contributed by atoms with Gasteiger partial charge in [-0.1, -0.05) is 23.7 Å². The highest BCUT2D eigenvalue weighted by Crippen LogP contribution is 2.18. The Morgan fingerprint density at radius 1 is 1.27 bits per heavy atom. The third-order valence-electron chi connectivity index (χ3n) is 4.44. The van der Waals surface area contributed by atoms with Crippen molar-refractivity contribution in [2.45, 2.75) is 38.6 Å². The van der Waals surface area contributed by atoms with Gasteiger partial charge in [-0.05, 0) is 60.5 Å². The highest BCUT2D eigenvalue weighted by Gasteiger charge is 2.11. The second-order valence-corrected chi connectivity index (χ2v) is 6.61. The average molecular weight is 358 g/mol. The van der Waals surface area contributed by atoms with E-state index in [0.29, 0.717) is 25.4 Å². The number of nitrogens with one attached hydrogen (secondary N) is 1. The number of anilines is 1. The molecule has 1 aliphatic rings.